The summed E-state index contributed by atoms with van der Waals surface area (Å²) in [5.41, 5.74) is 6.32. The van der Waals surface area contributed by atoms with E-state index in [1.807, 2.05) is 0 Å². The maximum absolute atomic E-state index is 13.3. The number of benzene rings is 1. The van der Waals surface area contributed by atoms with E-state index in [1.54, 1.807) is 13.0 Å². The molecule has 0 amide bonds. The van der Waals surface area contributed by atoms with Crippen LogP contribution in [-0.4, -0.2) is 6.61 Å². The first-order valence-electron chi connectivity index (χ1n) is 4.26. The molecule has 74 valence electrons. The van der Waals surface area contributed by atoms with Crippen molar-refractivity contribution in [2.45, 2.75) is 13.0 Å². The van der Waals surface area contributed by atoms with Crippen LogP contribution in [0.3, 0.4) is 0 Å². The topological polar surface area (TPSA) is 35.2 Å². The zero-order valence-electron chi connectivity index (χ0n) is 7.96. The summed E-state index contributed by atoms with van der Waals surface area (Å²) in [7, 11) is 0. The molecule has 0 radical (unpaired) electrons. The normalized spacial score (nSPS) is 11.9. The van der Waals surface area contributed by atoms with Gasteiger partial charge in [-0.15, -0.1) is 6.42 Å². The van der Waals surface area contributed by atoms with Crippen LogP contribution >= 0.6 is 0 Å². The molecule has 0 aliphatic heterocycles. The number of nitrogens with two attached hydrogens (primary N) is 1. The molecule has 1 atom stereocenters. The Labute approximate surface area is 82.9 Å². The van der Waals surface area contributed by atoms with Gasteiger partial charge in [0.05, 0.1) is 0 Å². The molecule has 2 nitrogen and oxygen atoms in total. The minimum Gasteiger partial charge on any atom is -0.478 e. The molecule has 14 heavy (non-hydrogen) atoms. The molecule has 0 spiro atoms. The molecule has 1 unspecified atom stereocenters. The third-order valence-corrected chi connectivity index (χ3v) is 1.79. The van der Waals surface area contributed by atoms with Gasteiger partial charge in [0.25, 0.3) is 0 Å². The highest BCUT2D eigenvalue weighted by molar-refractivity contribution is 5.30. The van der Waals surface area contributed by atoms with Gasteiger partial charge in [-0.3, -0.25) is 0 Å². The van der Waals surface area contributed by atoms with E-state index in [2.05, 4.69) is 5.92 Å². The lowest BCUT2D eigenvalue weighted by Gasteiger charge is -2.08. The van der Waals surface area contributed by atoms with Crippen molar-refractivity contribution in [1.29, 1.82) is 0 Å². The summed E-state index contributed by atoms with van der Waals surface area (Å²) >= 11 is 0. The van der Waals surface area contributed by atoms with Crippen molar-refractivity contribution in [3.05, 3.63) is 29.6 Å². The second-order valence-corrected chi connectivity index (χ2v) is 2.97. The SMILES string of the molecule is C#CCOc1ccc(C(C)N)cc1F. The summed E-state index contributed by atoms with van der Waals surface area (Å²) in [6.45, 7) is 1.85. The van der Waals surface area contributed by atoms with Gasteiger partial charge in [0.1, 0.15) is 6.61 Å². The number of halogens is 1. The van der Waals surface area contributed by atoms with Crippen LogP contribution < -0.4 is 10.5 Å². The molecule has 1 aromatic rings. The molecule has 0 aliphatic rings. The summed E-state index contributed by atoms with van der Waals surface area (Å²) in [5, 5.41) is 0. The lowest BCUT2D eigenvalue weighted by atomic mass is 10.1. The largest absolute Gasteiger partial charge is 0.478 e. The van der Waals surface area contributed by atoms with E-state index in [4.69, 9.17) is 16.9 Å². The lowest BCUT2D eigenvalue weighted by molar-refractivity contribution is 0.348. The van der Waals surface area contributed by atoms with Gasteiger partial charge in [0.2, 0.25) is 0 Å². The van der Waals surface area contributed by atoms with Gasteiger partial charge in [-0.1, -0.05) is 12.0 Å². The molecule has 0 heterocycles. The summed E-state index contributed by atoms with van der Waals surface area (Å²) in [4.78, 5) is 0. The maximum Gasteiger partial charge on any atom is 0.165 e. The van der Waals surface area contributed by atoms with Crippen molar-refractivity contribution in [2.75, 3.05) is 6.61 Å². The Morgan fingerprint density at radius 2 is 2.36 bits per heavy atom. The Morgan fingerprint density at radius 3 is 2.86 bits per heavy atom. The highest BCUT2D eigenvalue weighted by Gasteiger charge is 2.06. The predicted octanol–water partition coefficient (Wildman–Crippen LogP) is 1.86. The van der Waals surface area contributed by atoms with E-state index in [1.165, 1.54) is 12.1 Å². The van der Waals surface area contributed by atoms with E-state index in [-0.39, 0.29) is 18.4 Å². The Kier molecular flexibility index (Phi) is 3.49. The van der Waals surface area contributed by atoms with Crippen molar-refractivity contribution in [3.8, 4) is 18.1 Å². The minimum atomic E-state index is -0.435. The van der Waals surface area contributed by atoms with Crippen LogP contribution in [0.25, 0.3) is 0 Å². The van der Waals surface area contributed by atoms with Crippen molar-refractivity contribution in [3.63, 3.8) is 0 Å². The standard InChI is InChI=1S/C11H12FNO/c1-3-6-14-11-5-4-9(8(2)13)7-10(11)12/h1,4-5,7-8H,6,13H2,2H3. The van der Waals surface area contributed by atoms with Gasteiger partial charge in [-0.05, 0) is 24.6 Å². The quantitative estimate of drug-likeness (QED) is 0.743. The number of rotatable bonds is 3. The van der Waals surface area contributed by atoms with Crippen molar-refractivity contribution in [2.24, 2.45) is 5.73 Å². The smallest absolute Gasteiger partial charge is 0.165 e. The lowest BCUT2D eigenvalue weighted by Crippen LogP contribution is -2.06. The van der Waals surface area contributed by atoms with Gasteiger partial charge in [-0.2, -0.15) is 0 Å². The summed E-state index contributed by atoms with van der Waals surface area (Å²) < 4.78 is 18.3. The molecular formula is C11H12FNO. The summed E-state index contributed by atoms with van der Waals surface area (Å²) in [6, 6.07) is 4.42. The Balaban J connectivity index is 2.85. The highest BCUT2D eigenvalue weighted by atomic mass is 19.1. The molecular weight excluding hydrogens is 181 g/mol. The molecule has 3 heteroatoms. The van der Waals surface area contributed by atoms with E-state index >= 15 is 0 Å². The molecule has 0 fully saturated rings. The first-order valence-corrected chi connectivity index (χ1v) is 4.26. The first kappa shape index (κ1) is 10.6. The van der Waals surface area contributed by atoms with Crippen molar-refractivity contribution < 1.29 is 9.13 Å². The molecule has 1 rings (SSSR count). The third kappa shape index (κ3) is 2.48. The molecule has 0 saturated heterocycles. The average molecular weight is 193 g/mol. The van der Waals surface area contributed by atoms with Crippen LogP contribution in [0.4, 0.5) is 4.39 Å². The van der Waals surface area contributed by atoms with E-state index in [0.29, 0.717) is 0 Å². The highest BCUT2D eigenvalue weighted by Crippen LogP contribution is 2.20. The van der Waals surface area contributed by atoms with Crippen molar-refractivity contribution in [1.82, 2.24) is 0 Å². The minimum absolute atomic E-state index is 0.0639. The summed E-state index contributed by atoms with van der Waals surface area (Å²) in [6.07, 6.45) is 4.99. The van der Waals surface area contributed by atoms with Gasteiger partial charge in [-0.25, -0.2) is 4.39 Å². The van der Waals surface area contributed by atoms with Gasteiger partial charge < -0.3 is 10.5 Å². The number of hydrogen-bond donors (Lipinski definition) is 1. The van der Waals surface area contributed by atoms with Crippen LogP contribution in [0.5, 0.6) is 5.75 Å². The second kappa shape index (κ2) is 4.64. The number of terminal acetylenes is 1. The zero-order valence-corrected chi connectivity index (χ0v) is 7.96. The predicted molar refractivity (Wildman–Crippen MR) is 53.3 cm³/mol. The van der Waals surface area contributed by atoms with E-state index in [0.717, 1.165) is 5.56 Å². The molecule has 0 aliphatic carbocycles. The fraction of sp³-hybridized carbons (Fsp3) is 0.273. The van der Waals surface area contributed by atoms with E-state index in [9.17, 15) is 4.39 Å². The van der Waals surface area contributed by atoms with Crippen LogP contribution in [-0.2, 0) is 0 Å². The van der Waals surface area contributed by atoms with E-state index < -0.39 is 5.82 Å². The Hall–Kier alpha value is -1.53. The van der Waals surface area contributed by atoms with Gasteiger partial charge >= 0.3 is 0 Å². The second-order valence-electron chi connectivity index (χ2n) is 2.97. The molecule has 0 bridgehead atoms. The zero-order chi connectivity index (χ0) is 10.6. The molecule has 1 aromatic carbocycles. The third-order valence-electron chi connectivity index (χ3n) is 1.79. The summed E-state index contributed by atoms with van der Waals surface area (Å²) in [5.74, 6) is 1.99. The maximum atomic E-state index is 13.3. The Bertz CT molecular complexity index is 355. The van der Waals surface area contributed by atoms with Gasteiger partial charge in [0, 0.05) is 6.04 Å². The van der Waals surface area contributed by atoms with Crippen LogP contribution in [0.2, 0.25) is 0 Å². The molecule has 2 N–H and O–H groups in total. The monoisotopic (exact) mass is 193 g/mol. The Morgan fingerprint density at radius 1 is 1.64 bits per heavy atom. The average Bonchev–Trinajstić information content (AvgIpc) is 2.15. The van der Waals surface area contributed by atoms with Crippen LogP contribution in [0, 0.1) is 18.2 Å². The fourth-order valence-corrected chi connectivity index (χ4v) is 1.04. The van der Waals surface area contributed by atoms with Crippen molar-refractivity contribution >= 4 is 0 Å². The first-order chi connectivity index (χ1) is 6.65. The molecule has 0 aromatic heterocycles. The fourth-order valence-electron chi connectivity index (χ4n) is 1.04. The molecule has 0 saturated carbocycles. The number of hydrogen-bond acceptors (Lipinski definition) is 2. The van der Waals surface area contributed by atoms with Crippen LogP contribution in [0.1, 0.15) is 18.5 Å². The van der Waals surface area contributed by atoms with Gasteiger partial charge in [0.15, 0.2) is 11.6 Å². The number of ether oxygens (including phenoxy) is 1. The van der Waals surface area contributed by atoms with Crippen LogP contribution in [0.15, 0.2) is 18.2 Å².